The second-order valence-corrected chi connectivity index (χ2v) is 7.95. The molecule has 1 N–H and O–H groups in total. The van der Waals surface area contributed by atoms with Gasteiger partial charge >= 0.3 is 0 Å². The van der Waals surface area contributed by atoms with Crippen LogP contribution in [-0.2, 0) is 9.59 Å². The highest BCUT2D eigenvalue weighted by Crippen LogP contribution is 2.49. The number of ketones is 1. The Morgan fingerprint density at radius 2 is 1.83 bits per heavy atom. The number of ether oxygens (including phenoxy) is 2. The van der Waals surface area contributed by atoms with Gasteiger partial charge in [-0.3, -0.25) is 9.59 Å². The van der Waals surface area contributed by atoms with Crippen LogP contribution in [0, 0.1) is 0 Å². The van der Waals surface area contributed by atoms with Gasteiger partial charge in [0.05, 0.1) is 25.8 Å². The molecule has 0 aromatic heterocycles. The molecule has 2 aromatic rings. The normalized spacial score (nSPS) is 20.8. The summed E-state index contributed by atoms with van der Waals surface area (Å²) in [6.07, 6.45) is 1.65. The summed E-state index contributed by atoms with van der Waals surface area (Å²) in [5.41, 5.74) is 1.13. The van der Waals surface area contributed by atoms with E-state index in [-0.39, 0.29) is 17.4 Å². The average Bonchev–Trinajstić information content (AvgIpc) is 3.53. The Balaban J connectivity index is 1.96. The first-order valence-corrected chi connectivity index (χ1v) is 10.0. The molecule has 1 atom stereocenters. The van der Waals surface area contributed by atoms with Crippen LogP contribution in [0.3, 0.4) is 0 Å². The van der Waals surface area contributed by atoms with Gasteiger partial charge in [-0.1, -0.05) is 40.2 Å². The van der Waals surface area contributed by atoms with Gasteiger partial charge < -0.3 is 19.5 Å². The Morgan fingerprint density at radius 3 is 2.45 bits per heavy atom. The molecule has 0 radical (unpaired) electrons. The number of carbonyl (C=O) groups is 2. The van der Waals surface area contributed by atoms with E-state index in [1.807, 2.05) is 6.07 Å². The Kier molecular flexibility index (Phi) is 5.08. The zero-order valence-electron chi connectivity index (χ0n) is 16.0. The number of hydrogen-bond donors (Lipinski definition) is 1. The third-order valence-electron chi connectivity index (χ3n) is 5.25. The van der Waals surface area contributed by atoms with Crippen molar-refractivity contribution in [3.63, 3.8) is 0 Å². The van der Waals surface area contributed by atoms with Gasteiger partial charge in [-0.25, -0.2) is 0 Å². The van der Waals surface area contributed by atoms with Gasteiger partial charge in [-0.15, -0.1) is 0 Å². The van der Waals surface area contributed by atoms with Crippen LogP contribution in [0.1, 0.15) is 30.0 Å². The second kappa shape index (κ2) is 7.55. The van der Waals surface area contributed by atoms with Crippen molar-refractivity contribution in [3.8, 4) is 11.5 Å². The lowest BCUT2D eigenvalue weighted by Crippen LogP contribution is -2.31. The number of aliphatic hydroxyl groups is 1. The zero-order valence-corrected chi connectivity index (χ0v) is 17.6. The Morgan fingerprint density at radius 1 is 1.10 bits per heavy atom. The molecular weight excluding hydrogens is 438 g/mol. The van der Waals surface area contributed by atoms with E-state index in [9.17, 15) is 14.7 Å². The van der Waals surface area contributed by atoms with Crippen LogP contribution in [0.25, 0.3) is 5.76 Å². The molecule has 2 aromatic carbocycles. The second-order valence-electron chi connectivity index (χ2n) is 7.03. The molecule has 7 heteroatoms. The summed E-state index contributed by atoms with van der Waals surface area (Å²) in [5, 5.41) is 11.1. The first-order chi connectivity index (χ1) is 14.0. The topological polar surface area (TPSA) is 76.1 Å². The number of methoxy groups -OCH3 is 2. The number of Topliss-reactive ketones (excluding diaryl/α,β-unsaturated/α-hetero) is 1. The minimum Gasteiger partial charge on any atom is -0.507 e. The van der Waals surface area contributed by atoms with Crippen LogP contribution >= 0.6 is 15.9 Å². The summed E-state index contributed by atoms with van der Waals surface area (Å²) in [7, 11) is 3.04. The number of nitrogens with zero attached hydrogens (tertiary/aromatic N) is 1. The van der Waals surface area contributed by atoms with Gasteiger partial charge in [0.1, 0.15) is 5.76 Å². The number of carbonyl (C=O) groups excluding carboxylic acids is 2. The number of aliphatic hydroxyl groups excluding tert-OH is 1. The van der Waals surface area contributed by atoms with Crippen molar-refractivity contribution in [1.29, 1.82) is 0 Å². The smallest absolute Gasteiger partial charge is 0.295 e. The summed E-state index contributed by atoms with van der Waals surface area (Å²) in [6.45, 7) is 0. The molecule has 150 valence electrons. The quantitative estimate of drug-likeness (QED) is 0.416. The summed E-state index contributed by atoms with van der Waals surface area (Å²) in [5.74, 6) is -0.563. The SMILES string of the molecule is COc1cccc([C@@H]2C(=C(O)c3cccc(Br)c3)C(=O)C(=O)N2C2CC2)c1OC. The van der Waals surface area contributed by atoms with E-state index in [1.165, 1.54) is 14.2 Å². The number of para-hydroxylation sites is 1. The van der Waals surface area contributed by atoms with Gasteiger partial charge in [0, 0.05) is 21.6 Å². The molecule has 2 aliphatic rings. The van der Waals surface area contributed by atoms with Crippen LogP contribution < -0.4 is 9.47 Å². The van der Waals surface area contributed by atoms with E-state index in [0.29, 0.717) is 22.6 Å². The lowest BCUT2D eigenvalue weighted by molar-refractivity contribution is -0.140. The Labute approximate surface area is 176 Å². The first-order valence-electron chi connectivity index (χ1n) is 9.24. The third kappa shape index (κ3) is 3.29. The molecule has 6 nitrogen and oxygen atoms in total. The molecule has 4 rings (SSSR count). The average molecular weight is 458 g/mol. The van der Waals surface area contributed by atoms with Crippen molar-refractivity contribution in [2.24, 2.45) is 0 Å². The molecule has 1 amide bonds. The molecule has 1 aliphatic carbocycles. The van der Waals surface area contributed by atoms with Gasteiger partial charge in [0.2, 0.25) is 0 Å². The molecule has 1 aliphatic heterocycles. The predicted octanol–water partition coefficient (Wildman–Crippen LogP) is 4.05. The standard InChI is InChI=1S/C22H20BrNO5/c1-28-16-8-4-7-15(21(16)29-2)18-17(19(25)12-5-3-6-13(23)11-12)20(26)22(27)24(18)14-9-10-14/h3-8,11,14,18,25H,9-10H2,1-2H3/t18-/m1/s1. The van der Waals surface area contributed by atoms with Gasteiger partial charge in [-0.2, -0.15) is 0 Å². The van der Waals surface area contributed by atoms with E-state index in [1.54, 1.807) is 41.3 Å². The lowest BCUT2D eigenvalue weighted by atomic mass is 9.94. The fourth-order valence-corrected chi connectivity index (χ4v) is 4.20. The molecule has 1 heterocycles. The maximum atomic E-state index is 13.0. The predicted molar refractivity (Wildman–Crippen MR) is 111 cm³/mol. The number of likely N-dealkylation sites (tertiary alicyclic amines) is 1. The largest absolute Gasteiger partial charge is 0.507 e. The van der Waals surface area contributed by atoms with Crippen molar-refractivity contribution in [3.05, 3.63) is 63.6 Å². The highest BCUT2D eigenvalue weighted by atomic mass is 79.9. The number of benzene rings is 2. The summed E-state index contributed by atoms with van der Waals surface area (Å²) < 4.78 is 11.7. The van der Waals surface area contributed by atoms with Crippen LogP contribution in [0.5, 0.6) is 11.5 Å². The summed E-state index contributed by atoms with van der Waals surface area (Å²) >= 11 is 3.38. The minimum absolute atomic E-state index is 0.0276. The number of amides is 1. The molecule has 0 bridgehead atoms. The Bertz CT molecular complexity index is 1030. The molecule has 29 heavy (non-hydrogen) atoms. The lowest BCUT2D eigenvalue weighted by Gasteiger charge is -2.27. The number of hydrogen-bond acceptors (Lipinski definition) is 5. The van der Waals surface area contributed by atoms with Crippen LogP contribution in [-0.4, -0.2) is 42.0 Å². The highest BCUT2D eigenvalue weighted by Gasteiger charge is 2.52. The van der Waals surface area contributed by atoms with Crippen molar-refractivity contribution in [2.75, 3.05) is 14.2 Å². The van der Waals surface area contributed by atoms with Crippen LogP contribution in [0.15, 0.2) is 52.5 Å². The summed E-state index contributed by atoms with van der Waals surface area (Å²) in [6, 6.07) is 11.5. The van der Waals surface area contributed by atoms with Crippen molar-refractivity contribution in [1.82, 2.24) is 4.90 Å². The van der Waals surface area contributed by atoms with Crippen LogP contribution in [0.4, 0.5) is 0 Å². The van der Waals surface area contributed by atoms with Gasteiger partial charge in [0.15, 0.2) is 11.5 Å². The van der Waals surface area contributed by atoms with Gasteiger partial charge in [0.25, 0.3) is 11.7 Å². The maximum absolute atomic E-state index is 13.0. The molecule has 1 saturated carbocycles. The molecule has 0 unspecified atom stereocenters. The highest BCUT2D eigenvalue weighted by molar-refractivity contribution is 9.10. The van der Waals surface area contributed by atoms with Gasteiger partial charge in [-0.05, 0) is 31.0 Å². The monoisotopic (exact) mass is 457 g/mol. The van der Waals surface area contributed by atoms with Crippen molar-refractivity contribution < 1.29 is 24.2 Å². The number of rotatable bonds is 5. The summed E-state index contributed by atoms with van der Waals surface area (Å²) in [4.78, 5) is 27.5. The molecule has 0 spiro atoms. The minimum atomic E-state index is -0.744. The first kappa shape index (κ1) is 19.5. The number of halogens is 1. The van der Waals surface area contributed by atoms with E-state index < -0.39 is 17.7 Å². The van der Waals surface area contributed by atoms with E-state index >= 15 is 0 Å². The van der Waals surface area contributed by atoms with E-state index in [2.05, 4.69) is 15.9 Å². The fourth-order valence-electron chi connectivity index (χ4n) is 3.80. The zero-order chi connectivity index (χ0) is 20.7. The maximum Gasteiger partial charge on any atom is 0.295 e. The third-order valence-corrected chi connectivity index (χ3v) is 5.74. The molecule has 2 fully saturated rings. The molecule has 1 saturated heterocycles. The van der Waals surface area contributed by atoms with Crippen LogP contribution in [0.2, 0.25) is 0 Å². The fraction of sp³-hybridized carbons (Fsp3) is 0.273. The van der Waals surface area contributed by atoms with Crippen molar-refractivity contribution >= 4 is 33.4 Å². The van der Waals surface area contributed by atoms with E-state index in [4.69, 9.17) is 9.47 Å². The van der Waals surface area contributed by atoms with Crippen molar-refractivity contribution in [2.45, 2.75) is 24.9 Å². The Hall–Kier alpha value is -2.80. The van der Waals surface area contributed by atoms with E-state index in [0.717, 1.165) is 17.3 Å². The molecular formula is C22H20BrNO5.